The molecule has 54 valence electrons. The Morgan fingerprint density at radius 3 is 2.70 bits per heavy atom. The summed E-state index contributed by atoms with van der Waals surface area (Å²) in [4.78, 5) is 1.69. The van der Waals surface area contributed by atoms with E-state index in [4.69, 9.17) is 9.83 Å². The minimum Gasteiger partial charge on any atom is -0.461 e. The summed E-state index contributed by atoms with van der Waals surface area (Å²) >= 11 is 0. The molecule has 0 fully saturated rings. The molecule has 1 heterocycles. The Labute approximate surface area is 59.8 Å². The van der Waals surface area contributed by atoms with Gasteiger partial charge in [-0.1, -0.05) is 0 Å². The molecule has 10 heavy (non-hydrogen) atoms. The lowest BCUT2D eigenvalue weighted by atomic mass is 10.4. The molecule has 3 heteroatoms. The standard InChI is InChI=1S/C7H10N2O/c1-9(2)7(8)6-4-3-5-10-6/h3-5,8H,1-2H3. The summed E-state index contributed by atoms with van der Waals surface area (Å²) in [6, 6.07) is 3.54. The summed E-state index contributed by atoms with van der Waals surface area (Å²) in [5.74, 6) is 0.995. The van der Waals surface area contributed by atoms with Gasteiger partial charge in [0, 0.05) is 14.1 Å². The van der Waals surface area contributed by atoms with Crippen molar-refractivity contribution in [3.63, 3.8) is 0 Å². The van der Waals surface area contributed by atoms with Crippen molar-refractivity contribution in [1.82, 2.24) is 4.90 Å². The highest BCUT2D eigenvalue weighted by Crippen LogP contribution is 2.01. The molecular formula is C7H10N2O. The Kier molecular flexibility index (Phi) is 1.76. The molecule has 0 saturated carbocycles. The van der Waals surface area contributed by atoms with Crippen molar-refractivity contribution in [3.05, 3.63) is 24.2 Å². The molecule has 1 aromatic heterocycles. The molecular weight excluding hydrogens is 128 g/mol. The zero-order valence-corrected chi connectivity index (χ0v) is 6.09. The molecule has 0 radical (unpaired) electrons. The van der Waals surface area contributed by atoms with Crippen LogP contribution in [0.25, 0.3) is 0 Å². The van der Waals surface area contributed by atoms with Gasteiger partial charge in [-0.25, -0.2) is 0 Å². The summed E-state index contributed by atoms with van der Waals surface area (Å²) in [7, 11) is 3.62. The molecule has 0 aliphatic heterocycles. The SMILES string of the molecule is CN(C)C(=N)c1ccco1. The van der Waals surface area contributed by atoms with Crippen molar-refractivity contribution in [3.8, 4) is 0 Å². The maximum absolute atomic E-state index is 7.43. The van der Waals surface area contributed by atoms with E-state index >= 15 is 0 Å². The summed E-state index contributed by atoms with van der Waals surface area (Å²) in [5.41, 5.74) is 0. The summed E-state index contributed by atoms with van der Waals surface area (Å²) in [6.45, 7) is 0. The third-order valence-electron chi connectivity index (χ3n) is 1.20. The second-order valence-corrected chi connectivity index (χ2v) is 2.22. The smallest absolute Gasteiger partial charge is 0.168 e. The van der Waals surface area contributed by atoms with Gasteiger partial charge in [0.1, 0.15) is 0 Å². The fraction of sp³-hybridized carbons (Fsp3) is 0.286. The minimum atomic E-state index is 0.394. The van der Waals surface area contributed by atoms with Crippen LogP contribution in [0.2, 0.25) is 0 Å². The molecule has 0 unspecified atom stereocenters. The molecule has 0 amide bonds. The highest BCUT2D eigenvalue weighted by molar-refractivity contribution is 5.93. The fourth-order valence-electron chi connectivity index (χ4n) is 0.634. The number of rotatable bonds is 1. The van der Waals surface area contributed by atoms with Gasteiger partial charge in [0.15, 0.2) is 11.6 Å². The van der Waals surface area contributed by atoms with E-state index in [-0.39, 0.29) is 0 Å². The number of nitrogens with one attached hydrogen (secondary N) is 1. The second-order valence-electron chi connectivity index (χ2n) is 2.22. The van der Waals surface area contributed by atoms with E-state index in [1.807, 2.05) is 14.1 Å². The second kappa shape index (κ2) is 2.56. The van der Waals surface area contributed by atoms with Gasteiger partial charge in [-0.05, 0) is 12.1 Å². The maximum atomic E-state index is 7.43. The van der Waals surface area contributed by atoms with Gasteiger partial charge in [-0.2, -0.15) is 0 Å². The first-order valence-corrected chi connectivity index (χ1v) is 3.01. The van der Waals surface area contributed by atoms with Crippen LogP contribution in [0.3, 0.4) is 0 Å². The van der Waals surface area contributed by atoms with E-state index in [0.29, 0.717) is 11.6 Å². The van der Waals surface area contributed by atoms with Gasteiger partial charge < -0.3 is 9.32 Å². The van der Waals surface area contributed by atoms with Crippen LogP contribution in [-0.2, 0) is 0 Å². The predicted octanol–water partition coefficient (Wildman–Crippen LogP) is 1.17. The Hall–Kier alpha value is -1.25. The summed E-state index contributed by atoms with van der Waals surface area (Å²) in [5, 5.41) is 7.43. The van der Waals surface area contributed by atoms with Crippen molar-refractivity contribution >= 4 is 5.84 Å². The highest BCUT2D eigenvalue weighted by Gasteiger charge is 2.03. The first-order valence-electron chi connectivity index (χ1n) is 3.01. The molecule has 1 aromatic rings. The summed E-state index contributed by atoms with van der Waals surface area (Å²) in [6.07, 6.45) is 1.56. The van der Waals surface area contributed by atoms with Crippen molar-refractivity contribution < 1.29 is 4.42 Å². The molecule has 0 saturated heterocycles. The Morgan fingerprint density at radius 2 is 2.30 bits per heavy atom. The minimum absolute atomic E-state index is 0.394. The van der Waals surface area contributed by atoms with Crippen molar-refractivity contribution in [2.75, 3.05) is 14.1 Å². The molecule has 1 rings (SSSR count). The first kappa shape index (κ1) is 6.86. The average Bonchev–Trinajstić information content (AvgIpc) is 2.36. The van der Waals surface area contributed by atoms with Crippen LogP contribution in [0.15, 0.2) is 22.8 Å². The van der Waals surface area contributed by atoms with Gasteiger partial charge >= 0.3 is 0 Å². The van der Waals surface area contributed by atoms with E-state index in [9.17, 15) is 0 Å². The number of amidine groups is 1. The Balaban J connectivity index is 2.78. The quantitative estimate of drug-likeness (QED) is 0.467. The molecule has 0 aliphatic carbocycles. The normalized spacial score (nSPS) is 9.40. The monoisotopic (exact) mass is 138 g/mol. The van der Waals surface area contributed by atoms with E-state index in [0.717, 1.165) is 0 Å². The average molecular weight is 138 g/mol. The van der Waals surface area contributed by atoms with Crippen LogP contribution < -0.4 is 0 Å². The van der Waals surface area contributed by atoms with Crippen LogP contribution in [0, 0.1) is 5.41 Å². The molecule has 1 N–H and O–H groups in total. The van der Waals surface area contributed by atoms with Gasteiger partial charge in [0.05, 0.1) is 6.26 Å². The lowest BCUT2D eigenvalue weighted by Gasteiger charge is -2.09. The fourth-order valence-corrected chi connectivity index (χ4v) is 0.634. The van der Waals surface area contributed by atoms with Crippen molar-refractivity contribution in [1.29, 1.82) is 5.41 Å². The molecule has 0 atom stereocenters. The summed E-state index contributed by atoms with van der Waals surface area (Å²) < 4.78 is 4.99. The number of nitrogens with zero attached hydrogens (tertiary/aromatic N) is 1. The maximum Gasteiger partial charge on any atom is 0.168 e. The van der Waals surface area contributed by atoms with Gasteiger partial charge in [0.2, 0.25) is 0 Å². The van der Waals surface area contributed by atoms with Crippen LogP contribution in [0.1, 0.15) is 5.76 Å². The van der Waals surface area contributed by atoms with Crippen LogP contribution in [0.4, 0.5) is 0 Å². The molecule has 0 aromatic carbocycles. The van der Waals surface area contributed by atoms with Crippen LogP contribution in [0.5, 0.6) is 0 Å². The van der Waals surface area contributed by atoms with Gasteiger partial charge in [0.25, 0.3) is 0 Å². The third kappa shape index (κ3) is 1.18. The lowest BCUT2D eigenvalue weighted by molar-refractivity contribution is 0.525. The number of hydrogen-bond donors (Lipinski definition) is 1. The topological polar surface area (TPSA) is 40.2 Å². The van der Waals surface area contributed by atoms with E-state index < -0.39 is 0 Å². The van der Waals surface area contributed by atoms with E-state index in [2.05, 4.69) is 0 Å². The molecule has 0 bridgehead atoms. The zero-order valence-electron chi connectivity index (χ0n) is 6.09. The Morgan fingerprint density at radius 1 is 1.60 bits per heavy atom. The molecule has 0 aliphatic rings. The Bertz CT molecular complexity index is 214. The first-order chi connectivity index (χ1) is 4.72. The van der Waals surface area contributed by atoms with Gasteiger partial charge in [-0.15, -0.1) is 0 Å². The predicted molar refractivity (Wildman–Crippen MR) is 39.2 cm³/mol. The third-order valence-corrected chi connectivity index (χ3v) is 1.20. The van der Waals surface area contributed by atoms with Crippen LogP contribution >= 0.6 is 0 Å². The van der Waals surface area contributed by atoms with Crippen LogP contribution in [-0.4, -0.2) is 24.8 Å². The molecule has 3 nitrogen and oxygen atoms in total. The number of hydrogen-bond acceptors (Lipinski definition) is 2. The highest BCUT2D eigenvalue weighted by atomic mass is 16.3. The van der Waals surface area contributed by atoms with Gasteiger partial charge in [-0.3, -0.25) is 5.41 Å². The zero-order chi connectivity index (χ0) is 7.56. The van der Waals surface area contributed by atoms with Crippen molar-refractivity contribution in [2.45, 2.75) is 0 Å². The largest absolute Gasteiger partial charge is 0.461 e. The van der Waals surface area contributed by atoms with E-state index in [1.54, 1.807) is 23.3 Å². The molecule has 0 spiro atoms. The lowest BCUT2D eigenvalue weighted by Crippen LogP contribution is -2.20. The van der Waals surface area contributed by atoms with Crippen molar-refractivity contribution in [2.24, 2.45) is 0 Å². The van der Waals surface area contributed by atoms with E-state index in [1.165, 1.54) is 0 Å². The number of furan rings is 1.